The van der Waals surface area contributed by atoms with Crippen LogP contribution in [0.1, 0.15) is 18.1 Å². The van der Waals surface area contributed by atoms with Crippen LogP contribution < -0.4 is 5.32 Å². The number of esters is 1. The van der Waals surface area contributed by atoms with Crippen molar-refractivity contribution in [3.05, 3.63) is 75.8 Å². The van der Waals surface area contributed by atoms with Crippen molar-refractivity contribution in [3.8, 4) is 6.07 Å². The van der Waals surface area contributed by atoms with E-state index in [2.05, 4.69) is 5.32 Å². The van der Waals surface area contributed by atoms with Gasteiger partial charge in [-0.2, -0.15) is 5.26 Å². The molecule has 0 aliphatic carbocycles. The minimum atomic E-state index is -1.08. The number of carbonyl (C=O) groups excluding carboxylic acids is 2. The van der Waals surface area contributed by atoms with Crippen LogP contribution in [-0.4, -0.2) is 22.9 Å². The van der Waals surface area contributed by atoms with Crippen molar-refractivity contribution in [1.82, 2.24) is 0 Å². The molecule has 0 aliphatic heterocycles. The van der Waals surface area contributed by atoms with Crippen molar-refractivity contribution in [2.45, 2.75) is 13.0 Å². The van der Waals surface area contributed by atoms with Gasteiger partial charge in [0.05, 0.1) is 22.1 Å². The molecule has 0 saturated carbocycles. The first-order chi connectivity index (χ1) is 12.9. The molecule has 0 bridgehead atoms. The predicted octanol–water partition coefficient (Wildman–Crippen LogP) is 3.05. The number of ether oxygens (including phenoxy) is 1. The zero-order valence-corrected chi connectivity index (χ0v) is 14.3. The third kappa shape index (κ3) is 5.51. The molecule has 2 aromatic carbocycles. The average Bonchev–Trinajstić information content (AvgIpc) is 2.67. The summed E-state index contributed by atoms with van der Waals surface area (Å²) in [6.45, 7) is 1.40. The fourth-order valence-corrected chi connectivity index (χ4v) is 2.09. The summed E-state index contributed by atoms with van der Waals surface area (Å²) in [5.41, 5.74) is 1.01. The van der Waals surface area contributed by atoms with Gasteiger partial charge < -0.3 is 10.1 Å². The lowest BCUT2D eigenvalue weighted by molar-refractivity contribution is -0.385. The van der Waals surface area contributed by atoms with Crippen molar-refractivity contribution < 1.29 is 19.2 Å². The summed E-state index contributed by atoms with van der Waals surface area (Å²) >= 11 is 0. The van der Waals surface area contributed by atoms with Crippen molar-refractivity contribution in [1.29, 1.82) is 5.26 Å². The molecule has 0 radical (unpaired) electrons. The molecular formula is C19H15N3O5. The Hall–Kier alpha value is -3.99. The van der Waals surface area contributed by atoms with E-state index in [1.165, 1.54) is 31.2 Å². The van der Waals surface area contributed by atoms with Gasteiger partial charge in [-0.3, -0.25) is 14.9 Å². The Labute approximate surface area is 154 Å². The summed E-state index contributed by atoms with van der Waals surface area (Å²) in [5.74, 6) is -1.36. The third-order valence-corrected chi connectivity index (χ3v) is 3.48. The molecule has 1 N–H and O–H groups in total. The summed E-state index contributed by atoms with van der Waals surface area (Å²) in [7, 11) is 0. The van der Waals surface area contributed by atoms with Gasteiger partial charge in [0.2, 0.25) is 0 Å². The molecule has 0 fully saturated rings. The van der Waals surface area contributed by atoms with E-state index in [-0.39, 0.29) is 11.3 Å². The third-order valence-electron chi connectivity index (χ3n) is 3.48. The van der Waals surface area contributed by atoms with E-state index in [1.807, 2.05) is 6.07 Å². The minimum Gasteiger partial charge on any atom is -0.449 e. The number of nitrogens with one attached hydrogen (secondary N) is 1. The molecule has 1 amide bonds. The highest BCUT2D eigenvalue weighted by molar-refractivity contribution is 5.96. The highest BCUT2D eigenvalue weighted by Gasteiger charge is 2.17. The maximum absolute atomic E-state index is 12.1. The minimum absolute atomic E-state index is 0.145. The molecule has 2 aromatic rings. The van der Waals surface area contributed by atoms with E-state index >= 15 is 0 Å². The fraction of sp³-hybridized carbons (Fsp3) is 0.105. The number of rotatable bonds is 6. The van der Waals surface area contributed by atoms with E-state index in [9.17, 15) is 19.7 Å². The molecule has 0 heterocycles. The molecule has 136 valence electrons. The maximum Gasteiger partial charge on any atom is 0.331 e. The summed E-state index contributed by atoms with van der Waals surface area (Å²) in [4.78, 5) is 34.3. The Kier molecular flexibility index (Phi) is 6.39. The lowest BCUT2D eigenvalue weighted by Gasteiger charge is -2.12. The monoisotopic (exact) mass is 365 g/mol. The number of amides is 1. The molecule has 0 spiro atoms. The first-order valence-electron chi connectivity index (χ1n) is 7.84. The Morgan fingerprint density at radius 2 is 1.89 bits per heavy atom. The largest absolute Gasteiger partial charge is 0.449 e. The number of carbonyl (C=O) groups is 2. The smallest absolute Gasteiger partial charge is 0.331 e. The van der Waals surface area contributed by atoms with Crippen LogP contribution in [0.15, 0.2) is 54.6 Å². The number of nitro groups is 1. The fourth-order valence-electron chi connectivity index (χ4n) is 2.09. The van der Waals surface area contributed by atoms with Gasteiger partial charge >= 0.3 is 5.97 Å². The molecule has 8 nitrogen and oxygen atoms in total. The highest BCUT2D eigenvalue weighted by Crippen LogP contribution is 2.19. The molecule has 2 rings (SSSR count). The van der Waals surface area contributed by atoms with Crippen molar-refractivity contribution in [2.24, 2.45) is 0 Å². The van der Waals surface area contributed by atoms with Crippen LogP contribution in [0, 0.1) is 21.4 Å². The van der Waals surface area contributed by atoms with E-state index in [1.54, 1.807) is 30.3 Å². The standard InChI is InChI=1S/C19H15N3O5/c1-13(19(24)21-16-9-6-14(12-20)7-10-16)27-18(23)11-8-15-4-2-3-5-17(15)22(25)26/h2-11,13H,1H3,(H,21,24)/b11-8+/t13-/m1/s1. The summed E-state index contributed by atoms with van der Waals surface area (Å²) in [6.07, 6.45) is 1.20. The van der Waals surface area contributed by atoms with Crippen LogP contribution in [-0.2, 0) is 14.3 Å². The van der Waals surface area contributed by atoms with Crippen LogP contribution in [0.2, 0.25) is 0 Å². The molecule has 0 aliphatic rings. The normalized spacial score (nSPS) is 11.4. The number of para-hydroxylation sites is 1. The number of hydrogen-bond donors (Lipinski definition) is 1. The second kappa shape index (κ2) is 8.92. The van der Waals surface area contributed by atoms with Gasteiger partial charge in [-0.05, 0) is 43.3 Å². The Bertz CT molecular complexity index is 929. The molecule has 1 atom stereocenters. The van der Waals surface area contributed by atoms with Gasteiger partial charge in [0.25, 0.3) is 11.6 Å². The van der Waals surface area contributed by atoms with Crippen molar-refractivity contribution in [3.63, 3.8) is 0 Å². The summed E-state index contributed by atoms with van der Waals surface area (Å²) in [6, 6.07) is 14.1. The van der Waals surface area contributed by atoms with Gasteiger partial charge in [0.15, 0.2) is 6.10 Å². The second-order valence-corrected chi connectivity index (χ2v) is 5.41. The Balaban J connectivity index is 1.95. The lowest BCUT2D eigenvalue weighted by Crippen LogP contribution is -2.29. The number of nitriles is 1. The molecular weight excluding hydrogens is 350 g/mol. The molecule has 8 heteroatoms. The molecule has 0 unspecified atom stereocenters. The van der Waals surface area contributed by atoms with Gasteiger partial charge in [-0.1, -0.05) is 12.1 Å². The molecule has 27 heavy (non-hydrogen) atoms. The lowest BCUT2D eigenvalue weighted by atomic mass is 10.1. The number of hydrogen-bond acceptors (Lipinski definition) is 6. The highest BCUT2D eigenvalue weighted by atomic mass is 16.6. The van der Waals surface area contributed by atoms with Crippen LogP contribution >= 0.6 is 0 Å². The number of nitrogens with zero attached hydrogens (tertiary/aromatic N) is 2. The summed E-state index contributed by atoms with van der Waals surface area (Å²) < 4.78 is 4.99. The van der Waals surface area contributed by atoms with Gasteiger partial charge in [-0.25, -0.2) is 4.79 Å². The van der Waals surface area contributed by atoms with Crippen LogP contribution in [0.5, 0.6) is 0 Å². The Morgan fingerprint density at radius 1 is 1.22 bits per heavy atom. The number of benzene rings is 2. The van der Waals surface area contributed by atoms with Crippen LogP contribution in [0.4, 0.5) is 11.4 Å². The molecule has 0 aromatic heterocycles. The average molecular weight is 365 g/mol. The number of anilines is 1. The predicted molar refractivity (Wildman–Crippen MR) is 97.5 cm³/mol. The van der Waals surface area contributed by atoms with Gasteiger partial charge in [0, 0.05) is 17.8 Å². The van der Waals surface area contributed by atoms with Gasteiger partial charge in [0.1, 0.15) is 0 Å². The zero-order chi connectivity index (χ0) is 19.8. The van der Waals surface area contributed by atoms with Crippen LogP contribution in [0.3, 0.4) is 0 Å². The first-order valence-corrected chi connectivity index (χ1v) is 7.84. The van der Waals surface area contributed by atoms with Crippen LogP contribution in [0.25, 0.3) is 6.08 Å². The van der Waals surface area contributed by atoms with Crippen molar-refractivity contribution >= 4 is 29.3 Å². The SMILES string of the molecule is C[C@@H](OC(=O)/C=C/c1ccccc1[N+](=O)[O-])C(=O)Nc1ccc(C#N)cc1. The number of nitro benzene ring substituents is 1. The first kappa shape index (κ1) is 19.3. The summed E-state index contributed by atoms with van der Waals surface area (Å²) in [5, 5.41) is 22.2. The second-order valence-electron chi connectivity index (χ2n) is 5.41. The zero-order valence-electron chi connectivity index (χ0n) is 14.3. The topological polar surface area (TPSA) is 122 Å². The van der Waals surface area contributed by atoms with E-state index in [0.29, 0.717) is 11.3 Å². The van der Waals surface area contributed by atoms with E-state index in [0.717, 1.165) is 6.08 Å². The van der Waals surface area contributed by atoms with Crippen molar-refractivity contribution in [2.75, 3.05) is 5.32 Å². The molecule has 0 saturated heterocycles. The Morgan fingerprint density at radius 3 is 2.52 bits per heavy atom. The maximum atomic E-state index is 12.1. The van der Waals surface area contributed by atoms with E-state index < -0.39 is 22.9 Å². The van der Waals surface area contributed by atoms with Gasteiger partial charge in [-0.15, -0.1) is 0 Å². The quantitative estimate of drug-likeness (QED) is 0.363. The van der Waals surface area contributed by atoms with E-state index in [4.69, 9.17) is 10.00 Å².